The maximum Gasteiger partial charge on any atom is 0.358 e. The topological polar surface area (TPSA) is 65.5 Å². The standard InChI is InChI=1S/C19H15NO4S/c1-23-15-9-7-13(8-10-15)17(21)11-24-19(22)16-12-25-18(20-16)14-5-3-2-4-6-14/h2-10,12H,11H2,1H3. The number of carbonyl (C=O) groups excluding carboxylic acids is 2. The van der Waals surface area contributed by atoms with Crippen LogP contribution in [0.4, 0.5) is 0 Å². The van der Waals surface area contributed by atoms with Crippen molar-refractivity contribution in [2.75, 3.05) is 13.7 Å². The van der Waals surface area contributed by atoms with Crippen LogP contribution in [0.2, 0.25) is 0 Å². The second kappa shape index (κ2) is 7.72. The van der Waals surface area contributed by atoms with Crippen LogP contribution in [0.5, 0.6) is 5.75 Å². The van der Waals surface area contributed by atoms with E-state index in [2.05, 4.69) is 4.98 Å². The van der Waals surface area contributed by atoms with Crippen LogP contribution in [0.1, 0.15) is 20.8 Å². The molecule has 5 nitrogen and oxygen atoms in total. The van der Waals surface area contributed by atoms with Gasteiger partial charge in [-0.25, -0.2) is 9.78 Å². The van der Waals surface area contributed by atoms with Gasteiger partial charge in [-0.05, 0) is 24.3 Å². The number of esters is 1. The molecule has 1 aromatic heterocycles. The lowest BCUT2D eigenvalue weighted by Gasteiger charge is -2.04. The second-order valence-electron chi connectivity index (χ2n) is 5.13. The molecular formula is C19H15NO4S. The van der Waals surface area contributed by atoms with E-state index in [0.717, 1.165) is 10.6 Å². The molecule has 0 bridgehead atoms. The van der Waals surface area contributed by atoms with Crippen LogP contribution in [0.15, 0.2) is 60.0 Å². The lowest BCUT2D eigenvalue weighted by molar-refractivity contribution is 0.0470. The van der Waals surface area contributed by atoms with Gasteiger partial charge in [-0.1, -0.05) is 30.3 Å². The molecule has 0 atom stereocenters. The third-order valence-corrected chi connectivity index (χ3v) is 4.37. The van der Waals surface area contributed by atoms with Crippen molar-refractivity contribution in [1.82, 2.24) is 4.98 Å². The van der Waals surface area contributed by atoms with Crippen molar-refractivity contribution in [1.29, 1.82) is 0 Å². The number of rotatable bonds is 6. The first kappa shape index (κ1) is 16.9. The van der Waals surface area contributed by atoms with Crippen molar-refractivity contribution in [2.45, 2.75) is 0 Å². The summed E-state index contributed by atoms with van der Waals surface area (Å²) in [7, 11) is 1.55. The molecule has 0 radical (unpaired) electrons. The van der Waals surface area contributed by atoms with Gasteiger partial charge in [0.15, 0.2) is 18.1 Å². The molecule has 0 spiro atoms. The Balaban J connectivity index is 1.60. The first-order valence-corrected chi connectivity index (χ1v) is 8.40. The maximum atomic E-state index is 12.1. The Labute approximate surface area is 148 Å². The molecule has 0 aliphatic heterocycles. The summed E-state index contributed by atoms with van der Waals surface area (Å²) < 4.78 is 10.1. The number of hydrogen-bond donors (Lipinski definition) is 0. The van der Waals surface area contributed by atoms with Crippen LogP contribution in [-0.2, 0) is 4.74 Å². The van der Waals surface area contributed by atoms with Gasteiger partial charge in [-0.15, -0.1) is 11.3 Å². The number of nitrogens with zero attached hydrogens (tertiary/aromatic N) is 1. The molecule has 0 saturated heterocycles. The Kier molecular flexibility index (Phi) is 5.20. The fourth-order valence-electron chi connectivity index (χ4n) is 2.15. The minimum Gasteiger partial charge on any atom is -0.497 e. The smallest absolute Gasteiger partial charge is 0.358 e. The SMILES string of the molecule is COc1ccc(C(=O)COC(=O)c2csc(-c3ccccc3)n2)cc1. The van der Waals surface area contributed by atoms with E-state index < -0.39 is 5.97 Å². The van der Waals surface area contributed by atoms with Crippen molar-refractivity contribution in [2.24, 2.45) is 0 Å². The van der Waals surface area contributed by atoms with E-state index in [0.29, 0.717) is 11.3 Å². The summed E-state index contributed by atoms with van der Waals surface area (Å²) in [4.78, 5) is 28.4. The van der Waals surface area contributed by atoms with Crippen LogP contribution < -0.4 is 4.74 Å². The molecule has 6 heteroatoms. The van der Waals surface area contributed by atoms with Gasteiger partial charge >= 0.3 is 5.97 Å². The Morgan fingerprint density at radius 1 is 1.04 bits per heavy atom. The van der Waals surface area contributed by atoms with Crippen LogP contribution in [0, 0.1) is 0 Å². The van der Waals surface area contributed by atoms with Crippen molar-refractivity contribution >= 4 is 23.1 Å². The third kappa shape index (κ3) is 4.10. The molecular weight excluding hydrogens is 338 g/mol. The summed E-state index contributed by atoms with van der Waals surface area (Å²) >= 11 is 1.35. The van der Waals surface area contributed by atoms with Gasteiger partial charge in [-0.2, -0.15) is 0 Å². The Hall–Kier alpha value is -2.99. The number of ketones is 1. The number of methoxy groups -OCH3 is 1. The van der Waals surface area contributed by atoms with Gasteiger partial charge in [0, 0.05) is 16.5 Å². The van der Waals surface area contributed by atoms with E-state index in [9.17, 15) is 9.59 Å². The van der Waals surface area contributed by atoms with E-state index in [1.165, 1.54) is 11.3 Å². The molecule has 1 heterocycles. The first-order chi connectivity index (χ1) is 12.2. The van der Waals surface area contributed by atoms with Crippen molar-refractivity contribution in [3.63, 3.8) is 0 Å². The van der Waals surface area contributed by atoms with Crippen molar-refractivity contribution < 1.29 is 19.1 Å². The van der Waals surface area contributed by atoms with Gasteiger partial charge in [-0.3, -0.25) is 4.79 Å². The average Bonchev–Trinajstić information content (AvgIpc) is 3.17. The molecule has 3 rings (SSSR count). The molecule has 25 heavy (non-hydrogen) atoms. The van der Waals surface area contributed by atoms with E-state index in [1.807, 2.05) is 30.3 Å². The number of benzene rings is 2. The van der Waals surface area contributed by atoms with Crippen LogP contribution in [0.3, 0.4) is 0 Å². The zero-order chi connectivity index (χ0) is 17.6. The second-order valence-corrected chi connectivity index (χ2v) is 5.99. The summed E-state index contributed by atoms with van der Waals surface area (Å²) in [6, 6.07) is 16.2. The monoisotopic (exact) mass is 353 g/mol. The van der Waals surface area contributed by atoms with Crippen molar-refractivity contribution in [3.8, 4) is 16.3 Å². The summed E-state index contributed by atoms with van der Waals surface area (Å²) in [5.41, 5.74) is 1.59. The fourth-order valence-corrected chi connectivity index (χ4v) is 2.94. The molecule has 0 saturated carbocycles. The van der Waals surface area contributed by atoms with E-state index in [4.69, 9.17) is 9.47 Å². The van der Waals surface area contributed by atoms with Crippen molar-refractivity contribution in [3.05, 3.63) is 71.2 Å². The Bertz CT molecular complexity index is 872. The first-order valence-electron chi connectivity index (χ1n) is 7.52. The fraction of sp³-hybridized carbons (Fsp3) is 0.105. The van der Waals surface area contributed by atoms with Gasteiger partial charge in [0.2, 0.25) is 0 Å². The van der Waals surface area contributed by atoms with Gasteiger partial charge < -0.3 is 9.47 Å². The molecule has 0 amide bonds. The number of hydrogen-bond acceptors (Lipinski definition) is 6. The number of ether oxygens (including phenoxy) is 2. The highest BCUT2D eigenvalue weighted by atomic mass is 32.1. The quantitative estimate of drug-likeness (QED) is 0.497. The number of carbonyl (C=O) groups is 2. The predicted octanol–water partition coefficient (Wildman–Crippen LogP) is 3.86. The summed E-state index contributed by atoms with van der Waals surface area (Å²) in [6.07, 6.45) is 0. The predicted molar refractivity (Wildman–Crippen MR) is 95.2 cm³/mol. The molecule has 126 valence electrons. The number of thiazole rings is 1. The normalized spacial score (nSPS) is 10.3. The Morgan fingerprint density at radius 3 is 2.44 bits per heavy atom. The molecule has 3 aromatic rings. The largest absolute Gasteiger partial charge is 0.497 e. The molecule has 0 aliphatic carbocycles. The number of aromatic nitrogens is 1. The molecule has 0 unspecified atom stereocenters. The summed E-state index contributed by atoms with van der Waals surface area (Å²) in [5.74, 6) is -0.237. The Morgan fingerprint density at radius 2 is 1.76 bits per heavy atom. The summed E-state index contributed by atoms with van der Waals surface area (Å²) in [5, 5.41) is 2.36. The van der Waals surface area contributed by atoms with E-state index >= 15 is 0 Å². The average molecular weight is 353 g/mol. The van der Waals surface area contributed by atoms with Crippen LogP contribution >= 0.6 is 11.3 Å². The highest BCUT2D eigenvalue weighted by Gasteiger charge is 2.15. The molecule has 0 aliphatic rings. The minimum atomic E-state index is -0.611. The highest BCUT2D eigenvalue weighted by Crippen LogP contribution is 2.23. The minimum absolute atomic E-state index is 0.200. The zero-order valence-electron chi connectivity index (χ0n) is 13.5. The lowest BCUT2D eigenvalue weighted by Crippen LogP contribution is -2.14. The third-order valence-electron chi connectivity index (χ3n) is 3.48. The maximum absolute atomic E-state index is 12.1. The highest BCUT2D eigenvalue weighted by molar-refractivity contribution is 7.13. The van der Waals surface area contributed by atoms with Gasteiger partial charge in [0.25, 0.3) is 0 Å². The van der Waals surface area contributed by atoms with E-state index in [-0.39, 0.29) is 18.1 Å². The zero-order valence-corrected chi connectivity index (χ0v) is 14.3. The van der Waals surface area contributed by atoms with Crippen LogP contribution in [-0.4, -0.2) is 30.5 Å². The van der Waals surface area contributed by atoms with Gasteiger partial charge in [0.1, 0.15) is 10.8 Å². The lowest BCUT2D eigenvalue weighted by atomic mass is 10.1. The number of Topliss-reactive ketones (excluding diaryl/α,β-unsaturated/α-hetero) is 1. The van der Waals surface area contributed by atoms with Gasteiger partial charge in [0.05, 0.1) is 7.11 Å². The molecule has 0 N–H and O–H groups in total. The molecule has 0 fully saturated rings. The van der Waals surface area contributed by atoms with Crippen LogP contribution in [0.25, 0.3) is 10.6 Å². The molecule has 2 aromatic carbocycles. The van der Waals surface area contributed by atoms with E-state index in [1.54, 1.807) is 36.8 Å². The summed E-state index contributed by atoms with van der Waals surface area (Å²) in [6.45, 7) is -0.330.